The lowest BCUT2D eigenvalue weighted by molar-refractivity contribution is -0.115. The van der Waals surface area contributed by atoms with Gasteiger partial charge in [0.1, 0.15) is 5.25 Å². The summed E-state index contributed by atoms with van der Waals surface area (Å²) in [6.45, 7) is 0. The minimum Gasteiger partial charge on any atom is -0.325 e. The van der Waals surface area contributed by atoms with Crippen molar-refractivity contribution >= 4 is 35.0 Å². The predicted molar refractivity (Wildman–Crippen MR) is 75.1 cm³/mol. The van der Waals surface area contributed by atoms with Crippen LogP contribution in [0.2, 0.25) is 5.02 Å². The van der Waals surface area contributed by atoms with Gasteiger partial charge in [0.05, 0.1) is 0 Å². The summed E-state index contributed by atoms with van der Waals surface area (Å²) < 4.78 is 0. The van der Waals surface area contributed by atoms with Gasteiger partial charge in [-0.05, 0) is 35.9 Å². The fourth-order valence-corrected chi connectivity index (χ4v) is 3.14. The van der Waals surface area contributed by atoms with Crippen LogP contribution < -0.4 is 5.32 Å². The van der Waals surface area contributed by atoms with Gasteiger partial charge in [0.25, 0.3) is 0 Å². The standard InChI is InChI=1S/C14H10ClNOS/c15-9-5-7-10(8-6-9)18-13-11-3-1-2-4-12(11)16-14(13)17/h1-8,13H,(H,16,17). The van der Waals surface area contributed by atoms with Crippen molar-refractivity contribution in [2.45, 2.75) is 10.1 Å². The smallest absolute Gasteiger partial charge is 0.242 e. The molecule has 1 heterocycles. The molecule has 0 aliphatic carbocycles. The topological polar surface area (TPSA) is 29.1 Å². The number of thioether (sulfide) groups is 1. The Morgan fingerprint density at radius 1 is 1.06 bits per heavy atom. The summed E-state index contributed by atoms with van der Waals surface area (Å²) >= 11 is 7.39. The molecule has 90 valence electrons. The normalized spacial score (nSPS) is 17.4. The molecule has 0 fully saturated rings. The Hall–Kier alpha value is -1.45. The number of carbonyl (C=O) groups is 1. The van der Waals surface area contributed by atoms with E-state index in [9.17, 15) is 4.79 Å². The Morgan fingerprint density at radius 3 is 2.56 bits per heavy atom. The van der Waals surface area contributed by atoms with Crippen LogP contribution in [0.1, 0.15) is 10.8 Å². The van der Waals surface area contributed by atoms with Crippen LogP contribution in [-0.4, -0.2) is 5.91 Å². The zero-order chi connectivity index (χ0) is 12.5. The molecule has 2 nitrogen and oxygen atoms in total. The van der Waals surface area contributed by atoms with E-state index in [0.29, 0.717) is 5.02 Å². The first-order chi connectivity index (χ1) is 8.74. The van der Waals surface area contributed by atoms with Crippen molar-refractivity contribution in [2.24, 2.45) is 0 Å². The van der Waals surface area contributed by atoms with Crippen LogP contribution in [0.3, 0.4) is 0 Å². The number of nitrogens with one attached hydrogen (secondary N) is 1. The van der Waals surface area contributed by atoms with Gasteiger partial charge in [-0.15, -0.1) is 11.8 Å². The fraction of sp³-hybridized carbons (Fsp3) is 0.0714. The zero-order valence-corrected chi connectivity index (χ0v) is 11.0. The van der Waals surface area contributed by atoms with Gasteiger partial charge in [-0.2, -0.15) is 0 Å². The number of benzene rings is 2. The van der Waals surface area contributed by atoms with Gasteiger partial charge >= 0.3 is 0 Å². The molecular weight excluding hydrogens is 266 g/mol. The van der Waals surface area contributed by atoms with E-state index in [4.69, 9.17) is 11.6 Å². The maximum absolute atomic E-state index is 11.9. The summed E-state index contributed by atoms with van der Waals surface area (Å²) in [5.74, 6) is 0.0381. The van der Waals surface area contributed by atoms with Crippen LogP contribution in [0, 0.1) is 0 Å². The molecule has 1 unspecified atom stereocenters. The SMILES string of the molecule is O=C1Nc2ccccc2C1Sc1ccc(Cl)cc1. The average molecular weight is 276 g/mol. The van der Waals surface area contributed by atoms with E-state index in [-0.39, 0.29) is 11.2 Å². The maximum atomic E-state index is 11.9. The molecule has 0 saturated carbocycles. The van der Waals surface area contributed by atoms with Gasteiger partial charge in [0.15, 0.2) is 0 Å². The molecule has 1 amide bonds. The number of halogens is 1. The van der Waals surface area contributed by atoms with E-state index in [1.807, 2.05) is 48.5 Å². The number of fused-ring (bicyclic) bond motifs is 1. The van der Waals surface area contributed by atoms with E-state index in [2.05, 4.69) is 5.32 Å². The summed E-state index contributed by atoms with van der Waals surface area (Å²) in [6.07, 6.45) is 0. The Bertz CT molecular complexity index is 597. The summed E-state index contributed by atoms with van der Waals surface area (Å²) in [6, 6.07) is 15.3. The Morgan fingerprint density at radius 2 is 1.78 bits per heavy atom. The fourth-order valence-electron chi connectivity index (χ4n) is 1.95. The van der Waals surface area contributed by atoms with Gasteiger partial charge in [0.2, 0.25) is 5.91 Å². The maximum Gasteiger partial charge on any atom is 0.242 e. The summed E-state index contributed by atoms with van der Waals surface area (Å²) in [5.41, 5.74) is 1.96. The van der Waals surface area contributed by atoms with Gasteiger partial charge in [-0.25, -0.2) is 0 Å². The molecule has 4 heteroatoms. The Balaban J connectivity index is 1.89. The van der Waals surface area contributed by atoms with Gasteiger partial charge in [0, 0.05) is 15.6 Å². The molecule has 0 radical (unpaired) electrons. The van der Waals surface area contributed by atoms with Crippen molar-refractivity contribution in [1.82, 2.24) is 0 Å². The number of rotatable bonds is 2. The van der Waals surface area contributed by atoms with E-state index < -0.39 is 0 Å². The Kier molecular flexibility index (Phi) is 3.02. The first-order valence-corrected chi connectivity index (χ1v) is 6.82. The third-order valence-electron chi connectivity index (χ3n) is 2.81. The highest BCUT2D eigenvalue weighted by molar-refractivity contribution is 8.00. The van der Waals surface area contributed by atoms with Gasteiger partial charge in [-0.1, -0.05) is 29.8 Å². The Labute approximate surface area is 114 Å². The van der Waals surface area contributed by atoms with Crippen LogP contribution in [0.4, 0.5) is 5.69 Å². The highest BCUT2D eigenvalue weighted by Gasteiger charge is 2.30. The summed E-state index contributed by atoms with van der Waals surface area (Å²) in [5, 5.41) is 3.42. The predicted octanol–water partition coefficient (Wildman–Crippen LogP) is 4.13. The summed E-state index contributed by atoms with van der Waals surface area (Å²) in [7, 11) is 0. The van der Waals surface area contributed by atoms with Crippen molar-refractivity contribution in [3.8, 4) is 0 Å². The van der Waals surface area contributed by atoms with Crippen molar-refractivity contribution in [3.63, 3.8) is 0 Å². The van der Waals surface area contributed by atoms with E-state index in [1.165, 1.54) is 0 Å². The molecule has 0 spiro atoms. The van der Waals surface area contributed by atoms with Crippen molar-refractivity contribution in [3.05, 3.63) is 59.1 Å². The first kappa shape index (κ1) is 11.6. The van der Waals surface area contributed by atoms with Crippen LogP contribution in [0.25, 0.3) is 0 Å². The highest BCUT2D eigenvalue weighted by atomic mass is 35.5. The number of hydrogen-bond donors (Lipinski definition) is 1. The molecular formula is C14H10ClNOS. The lowest BCUT2D eigenvalue weighted by Crippen LogP contribution is -2.08. The number of para-hydroxylation sites is 1. The second-order valence-electron chi connectivity index (χ2n) is 4.03. The van der Waals surface area contributed by atoms with Crippen LogP contribution >= 0.6 is 23.4 Å². The molecule has 0 bridgehead atoms. The van der Waals surface area contributed by atoms with Crippen molar-refractivity contribution in [1.29, 1.82) is 0 Å². The monoisotopic (exact) mass is 275 g/mol. The lowest BCUT2D eigenvalue weighted by Gasteiger charge is -2.08. The molecule has 2 aromatic carbocycles. The van der Waals surface area contributed by atoms with Crippen molar-refractivity contribution in [2.75, 3.05) is 5.32 Å². The molecule has 1 aliphatic heterocycles. The van der Waals surface area contributed by atoms with Crippen LogP contribution in [0.15, 0.2) is 53.4 Å². The van der Waals surface area contributed by atoms with Gasteiger partial charge in [-0.3, -0.25) is 4.79 Å². The van der Waals surface area contributed by atoms with Gasteiger partial charge < -0.3 is 5.32 Å². The van der Waals surface area contributed by atoms with E-state index >= 15 is 0 Å². The number of amides is 1. The number of carbonyl (C=O) groups excluding carboxylic acids is 1. The van der Waals surface area contributed by atoms with E-state index in [0.717, 1.165) is 16.1 Å². The molecule has 0 aromatic heterocycles. The molecule has 0 saturated heterocycles. The number of anilines is 1. The highest BCUT2D eigenvalue weighted by Crippen LogP contribution is 2.43. The lowest BCUT2D eigenvalue weighted by atomic mass is 10.2. The molecule has 1 atom stereocenters. The van der Waals surface area contributed by atoms with Crippen LogP contribution in [-0.2, 0) is 4.79 Å². The zero-order valence-electron chi connectivity index (χ0n) is 9.39. The number of hydrogen-bond acceptors (Lipinski definition) is 2. The molecule has 3 rings (SSSR count). The second kappa shape index (κ2) is 4.67. The largest absolute Gasteiger partial charge is 0.325 e. The molecule has 18 heavy (non-hydrogen) atoms. The average Bonchev–Trinajstić information content (AvgIpc) is 2.69. The molecule has 1 aliphatic rings. The minimum atomic E-state index is -0.178. The molecule has 2 aromatic rings. The van der Waals surface area contributed by atoms with E-state index in [1.54, 1.807) is 11.8 Å². The second-order valence-corrected chi connectivity index (χ2v) is 5.64. The summed E-state index contributed by atoms with van der Waals surface area (Å²) in [4.78, 5) is 13.0. The first-order valence-electron chi connectivity index (χ1n) is 5.56. The third-order valence-corrected chi connectivity index (χ3v) is 4.31. The minimum absolute atomic E-state index is 0.0381. The molecule has 1 N–H and O–H groups in total. The quantitative estimate of drug-likeness (QED) is 0.893. The third kappa shape index (κ3) is 2.11. The van der Waals surface area contributed by atoms with Crippen LogP contribution in [0.5, 0.6) is 0 Å². The van der Waals surface area contributed by atoms with Crippen molar-refractivity contribution < 1.29 is 4.79 Å².